The summed E-state index contributed by atoms with van der Waals surface area (Å²) in [5.41, 5.74) is 5.56. The van der Waals surface area contributed by atoms with Crippen LogP contribution < -0.4 is 10.5 Å². The van der Waals surface area contributed by atoms with Gasteiger partial charge in [-0.15, -0.1) is 0 Å². The molecule has 1 saturated heterocycles. The summed E-state index contributed by atoms with van der Waals surface area (Å²) in [5.74, 6) is -0.128. The van der Waals surface area contributed by atoms with E-state index >= 15 is 0 Å². The lowest BCUT2D eigenvalue weighted by Crippen LogP contribution is -2.33. The minimum absolute atomic E-state index is 0.0127. The van der Waals surface area contributed by atoms with Gasteiger partial charge in [0.2, 0.25) is 10.0 Å². The number of hydrogen-bond donors (Lipinski definition) is 2. The highest BCUT2D eigenvalue weighted by atomic mass is 32.2. The van der Waals surface area contributed by atoms with Gasteiger partial charge in [0.15, 0.2) is 0 Å². The number of benzene rings is 1. The van der Waals surface area contributed by atoms with Crippen molar-refractivity contribution in [2.45, 2.75) is 23.7 Å². The fraction of sp³-hybridized carbons (Fsp3) is 0.455. The van der Waals surface area contributed by atoms with E-state index in [4.69, 9.17) is 5.73 Å². The van der Waals surface area contributed by atoms with Crippen molar-refractivity contribution in [2.24, 2.45) is 5.73 Å². The molecule has 112 valence electrons. The first-order valence-corrected chi connectivity index (χ1v) is 7.23. The number of sulfonamides is 1. The number of aliphatic hydroxyl groups is 1. The van der Waals surface area contributed by atoms with Crippen molar-refractivity contribution >= 4 is 10.0 Å². The van der Waals surface area contributed by atoms with Gasteiger partial charge in [-0.1, -0.05) is 0 Å². The second-order valence-electron chi connectivity index (χ2n) is 4.40. The lowest BCUT2D eigenvalue weighted by molar-refractivity contribution is -0.0498. The van der Waals surface area contributed by atoms with Crippen molar-refractivity contribution in [2.75, 3.05) is 13.1 Å². The van der Waals surface area contributed by atoms with Crippen LogP contribution in [0, 0.1) is 0 Å². The number of nitrogens with two attached hydrogens (primary N) is 1. The Hall–Kier alpha value is -1.29. The van der Waals surface area contributed by atoms with Crippen LogP contribution in [0.1, 0.15) is 0 Å². The van der Waals surface area contributed by atoms with E-state index < -0.39 is 28.8 Å². The summed E-state index contributed by atoms with van der Waals surface area (Å²) >= 11 is 0. The third-order valence-electron chi connectivity index (χ3n) is 2.99. The van der Waals surface area contributed by atoms with E-state index in [0.717, 1.165) is 16.4 Å². The Morgan fingerprint density at radius 3 is 2.35 bits per heavy atom. The first kappa shape index (κ1) is 15.1. The van der Waals surface area contributed by atoms with Crippen molar-refractivity contribution in [3.63, 3.8) is 0 Å². The topological polar surface area (TPSA) is 92.9 Å². The van der Waals surface area contributed by atoms with E-state index in [-0.39, 0.29) is 23.7 Å². The maximum absolute atomic E-state index is 12.2. The summed E-state index contributed by atoms with van der Waals surface area (Å²) in [5, 5.41) is 9.49. The van der Waals surface area contributed by atoms with E-state index in [1.54, 1.807) is 0 Å². The molecule has 3 N–H and O–H groups in total. The molecule has 6 nitrogen and oxygen atoms in total. The van der Waals surface area contributed by atoms with E-state index in [9.17, 15) is 22.3 Å². The molecule has 20 heavy (non-hydrogen) atoms. The summed E-state index contributed by atoms with van der Waals surface area (Å²) in [6.07, 6.45) is -0.911. The molecule has 0 amide bonds. The Labute approximate surface area is 114 Å². The molecule has 0 spiro atoms. The van der Waals surface area contributed by atoms with Gasteiger partial charge in [-0.2, -0.15) is 13.1 Å². The van der Waals surface area contributed by atoms with Crippen LogP contribution in [0.2, 0.25) is 0 Å². The Balaban J connectivity index is 2.18. The molecule has 1 aromatic rings. The van der Waals surface area contributed by atoms with Crippen LogP contribution in [-0.4, -0.2) is 49.7 Å². The average molecular weight is 308 g/mol. The predicted octanol–water partition coefficient (Wildman–Crippen LogP) is -0.0195. The zero-order chi connectivity index (χ0) is 14.9. The minimum Gasteiger partial charge on any atom is -0.435 e. The van der Waals surface area contributed by atoms with Gasteiger partial charge in [0.1, 0.15) is 5.75 Å². The van der Waals surface area contributed by atoms with Crippen LogP contribution in [0.5, 0.6) is 5.75 Å². The molecule has 0 saturated carbocycles. The number of rotatable bonds is 4. The maximum atomic E-state index is 12.2. The van der Waals surface area contributed by atoms with Gasteiger partial charge in [0.05, 0.1) is 11.0 Å². The molecular weight excluding hydrogens is 294 g/mol. The normalized spacial score (nSPS) is 24.2. The quantitative estimate of drug-likeness (QED) is 0.815. The third kappa shape index (κ3) is 3.06. The molecule has 1 aliphatic heterocycles. The van der Waals surface area contributed by atoms with Crippen molar-refractivity contribution in [3.05, 3.63) is 24.3 Å². The van der Waals surface area contributed by atoms with Crippen molar-refractivity contribution < 1.29 is 27.0 Å². The van der Waals surface area contributed by atoms with Gasteiger partial charge in [-0.3, -0.25) is 0 Å². The van der Waals surface area contributed by atoms with Gasteiger partial charge >= 0.3 is 6.61 Å². The molecule has 1 aliphatic rings. The highest BCUT2D eigenvalue weighted by Gasteiger charge is 2.36. The second-order valence-corrected chi connectivity index (χ2v) is 6.34. The second kappa shape index (κ2) is 5.60. The smallest absolute Gasteiger partial charge is 0.387 e. The summed E-state index contributed by atoms with van der Waals surface area (Å²) in [7, 11) is -3.80. The monoisotopic (exact) mass is 308 g/mol. The van der Waals surface area contributed by atoms with E-state index in [2.05, 4.69) is 4.74 Å². The van der Waals surface area contributed by atoms with Crippen molar-refractivity contribution in [3.8, 4) is 5.75 Å². The maximum Gasteiger partial charge on any atom is 0.387 e. The highest BCUT2D eigenvalue weighted by molar-refractivity contribution is 7.89. The number of β-amino-alcohol motifs (C(OH)–C–C–N with tert-alkyl or cyclic N) is 1. The van der Waals surface area contributed by atoms with Crippen LogP contribution >= 0.6 is 0 Å². The number of hydrogen-bond acceptors (Lipinski definition) is 5. The lowest BCUT2D eigenvalue weighted by Gasteiger charge is -2.16. The SMILES string of the molecule is N[C@@H]1CN(S(=O)(=O)c2ccc(OC(F)F)cc2)C[C@H]1O. The van der Waals surface area contributed by atoms with Gasteiger partial charge < -0.3 is 15.6 Å². The number of aliphatic hydroxyl groups excluding tert-OH is 1. The Bertz CT molecular complexity index is 554. The zero-order valence-electron chi connectivity index (χ0n) is 10.3. The standard InChI is InChI=1S/C11H14F2N2O4S/c12-11(13)19-7-1-3-8(4-2-7)20(17,18)15-5-9(14)10(16)6-15/h1-4,9-11,16H,5-6,14H2/t9-,10-/m1/s1. The predicted molar refractivity (Wildman–Crippen MR) is 65.8 cm³/mol. The fourth-order valence-corrected chi connectivity index (χ4v) is 3.41. The molecule has 2 rings (SSSR count). The van der Waals surface area contributed by atoms with Gasteiger partial charge in [-0.25, -0.2) is 8.42 Å². The zero-order valence-corrected chi connectivity index (χ0v) is 11.1. The molecular formula is C11H14F2N2O4S. The molecule has 1 heterocycles. The van der Waals surface area contributed by atoms with Crippen LogP contribution in [-0.2, 0) is 10.0 Å². The average Bonchev–Trinajstić information content (AvgIpc) is 2.70. The van der Waals surface area contributed by atoms with Gasteiger partial charge in [0.25, 0.3) is 0 Å². The van der Waals surface area contributed by atoms with E-state index in [1.165, 1.54) is 12.1 Å². The molecule has 9 heteroatoms. The van der Waals surface area contributed by atoms with Crippen LogP contribution in [0.25, 0.3) is 0 Å². The largest absolute Gasteiger partial charge is 0.435 e. The van der Waals surface area contributed by atoms with Crippen LogP contribution in [0.3, 0.4) is 0 Å². The third-order valence-corrected chi connectivity index (χ3v) is 4.83. The fourth-order valence-electron chi connectivity index (χ4n) is 1.91. The van der Waals surface area contributed by atoms with Crippen molar-refractivity contribution in [1.82, 2.24) is 4.31 Å². The molecule has 0 aliphatic carbocycles. The molecule has 0 radical (unpaired) electrons. The first-order valence-electron chi connectivity index (χ1n) is 5.79. The highest BCUT2D eigenvalue weighted by Crippen LogP contribution is 2.23. The van der Waals surface area contributed by atoms with E-state index in [1.807, 2.05) is 0 Å². The molecule has 2 atom stereocenters. The summed E-state index contributed by atoms with van der Waals surface area (Å²) in [6, 6.07) is 4.00. The molecule has 1 fully saturated rings. The molecule has 1 aromatic carbocycles. The number of halogens is 2. The van der Waals surface area contributed by atoms with Gasteiger partial charge in [-0.05, 0) is 24.3 Å². The summed E-state index contributed by atoms with van der Waals surface area (Å²) < 4.78 is 53.7. The number of ether oxygens (including phenoxy) is 1. The number of nitrogens with zero attached hydrogens (tertiary/aromatic N) is 1. The Morgan fingerprint density at radius 2 is 1.90 bits per heavy atom. The summed E-state index contributed by atoms with van der Waals surface area (Å²) in [4.78, 5) is -0.0691. The molecule has 0 unspecified atom stereocenters. The van der Waals surface area contributed by atoms with Crippen LogP contribution in [0.4, 0.5) is 8.78 Å². The van der Waals surface area contributed by atoms with Gasteiger partial charge in [0, 0.05) is 19.1 Å². The minimum atomic E-state index is -3.80. The summed E-state index contributed by atoms with van der Waals surface area (Å²) in [6.45, 7) is -3.04. The van der Waals surface area contributed by atoms with E-state index in [0.29, 0.717) is 0 Å². The van der Waals surface area contributed by atoms with Crippen LogP contribution in [0.15, 0.2) is 29.2 Å². The molecule has 0 bridgehead atoms. The lowest BCUT2D eigenvalue weighted by atomic mass is 10.2. The number of alkyl halides is 2. The first-order chi connectivity index (χ1) is 9.30. The Kier molecular flexibility index (Phi) is 4.23. The van der Waals surface area contributed by atoms with Crippen molar-refractivity contribution in [1.29, 1.82) is 0 Å². The molecule has 0 aromatic heterocycles. The Morgan fingerprint density at radius 1 is 1.30 bits per heavy atom.